The Kier molecular flexibility index (Phi) is 4.29. The van der Waals surface area contributed by atoms with Crippen LogP contribution in [0.1, 0.15) is 18.5 Å². The van der Waals surface area contributed by atoms with Gasteiger partial charge in [0.05, 0.1) is 23.3 Å². The van der Waals surface area contributed by atoms with Gasteiger partial charge >= 0.3 is 0 Å². The van der Waals surface area contributed by atoms with Crippen molar-refractivity contribution >= 4 is 17.0 Å². The van der Waals surface area contributed by atoms with Crippen molar-refractivity contribution in [2.75, 3.05) is 5.32 Å². The van der Waals surface area contributed by atoms with Gasteiger partial charge in [-0.2, -0.15) is 4.98 Å². The van der Waals surface area contributed by atoms with Crippen molar-refractivity contribution in [2.24, 2.45) is 0 Å². The molecule has 0 amide bonds. The molecule has 6 nitrogen and oxygen atoms in total. The van der Waals surface area contributed by atoms with Crippen LogP contribution < -0.4 is 5.32 Å². The van der Waals surface area contributed by atoms with Crippen LogP contribution in [0.5, 0.6) is 0 Å². The number of hydrogen-bond acceptors (Lipinski definition) is 5. The Morgan fingerprint density at radius 3 is 2.69 bits per heavy atom. The fourth-order valence-corrected chi connectivity index (χ4v) is 3.36. The molecule has 0 saturated carbocycles. The molecule has 3 heterocycles. The molecule has 0 saturated heterocycles. The van der Waals surface area contributed by atoms with Crippen molar-refractivity contribution < 1.29 is 4.42 Å². The highest BCUT2D eigenvalue weighted by Gasteiger charge is 2.11. The van der Waals surface area contributed by atoms with Crippen LogP contribution in [-0.4, -0.2) is 19.5 Å². The highest BCUT2D eigenvalue weighted by atomic mass is 16.3. The molecule has 0 spiro atoms. The first kappa shape index (κ1) is 17.2. The van der Waals surface area contributed by atoms with Gasteiger partial charge in [0.25, 0.3) is 0 Å². The summed E-state index contributed by atoms with van der Waals surface area (Å²) in [6, 6.07) is 22.1. The molecule has 0 radical (unpaired) electrons. The Morgan fingerprint density at radius 2 is 1.86 bits per heavy atom. The number of nitrogens with zero attached hydrogens (tertiary/aromatic N) is 4. The van der Waals surface area contributed by atoms with Crippen LogP contribution in [-0.2, 0) is 0 Å². The van der Waals surface area contributed by atoms with Crippen molar-refractivity contribution in [3.8, 4) is 17.1 Å². The molecule has 0 bridgehead atoms. The van der Waals surface area contributed by atoms with E-state index in [1.165, 1.54) is 5.56 Å². The largest absolute Gasteiger partial charge is 0.464 e. The van der Waals surface area contributed by atoms with E-state index in [-0.39, 0.29) is 6.04 Å². The predicted octanol–water partition coefficient (Wildman–Crippen LogP) is 5.25. The average molecular weight is 381 g/mol. The monoisotopic (exact) mass is 381 g/mol. The molecule has 2 aromatic carbocycles. The second-order valence-electron chi connectivity index (χ2n) is 6.81. The maximum Gasteiger partial charge on any atom is 0.225 e. The van der Waals surface area contributed by atoms with Crippen LogP contribution in [0.4, 0.5) is 5.95 Å². The van der Waals surface area contributed by atoms with E-state index in [0.717, 1.165) is 28.2 Å². The van der Waals surface area contributed by atoms with E-state index in [1.54, 1.807) is 18.8 Å². The molecule has 0 fully saturated rings. The van der Waals surface area contributed by atoms with Gasteiger partial charge in [0.15, 0.2) is 0 Å². The summed E-state index contributed by atoms with van der Waals surface area (Å²) in [4.78, 5) is 13.6. The van der Waals surface area contributed by atoms with Crippen LogP contribution in [0.2, 0.25) is 0 Å². The summed E-state index contributed by atoms with van der Waals surface area (Å²) in [5.41, 5.74) is 4.03. The molecule has 1 atom stereocenters. The number of fused-ring (bicyclic) bond motifs is 1. The van der Waals surface area contributed by atoms with Gasteiger partial charge in [-0.1, -0.05) is 30.3 Å². The van der Waals surface area contributed by atoms with Crippen molar-refractivity contribution in [3.05, 3.63) is 91.1 Å². The highest BCUT2D eigenvalue weighted by Crippen LogP contribution is 2.26. The summed E-state index contributed by atoms with van der Waals surface area (Å²) in [5, 5.41) is 3.37. The first-order valence-corrected chi connectivity index (χ1v) is 9.44. The number of hydrogen-bond donors (Lipinski definition) is 1. The minimum absolute atomic E-state index is 0.0989. The molecule has 1 unspecified atom stereocenters. The molecule has 1 N–H and O–H groups in total. The first-order chi connectivity index (χ1) is 14.3. The third-order valence-corrected chi connectivity index (χ3v) is 4.89. The van der Waals surface area contributed by atoms with Gasteiger partial charge in [0.1, 0.15) is 17.9 Å². The zero-order valence-corrected chi connectivity index (χ0v) is 15.9. The zero-order chi connectivity index (χ0) is 19.6. The summed E-state index contributed by atoms with van der Waals surface area (Å²) < 4.78 is 7.45. The van der Waals surface area contributed by atoms with Crippen molar-refractivity contribution in [3.63, 3.8) is 0 Å². The number of aromatic nitrogens is 4. The van der Waals surface area contributed by atoms with E-state index in [2.05, 4.69) is 39.3 Å². The number of benzene rings is 2. The van der Waals surface area contributed by atoms with Gasteiger partial charge in [0, 0.05) is 11.8 Å². The lowest BCUT2D eigenvalue weighted by Crippen LogP contribution is -2.10. The van der Waals surface area contributed by atoms with Crippen molar-refractivity contribution in [1.29, 1.82) is 0 Å². The number of imidazole rings is 1. The minimum Gasteiger partial charge on any atom is -0.464 e. The topological polar surface area (TPSA) is 68.8 Å². The summed E-state index contributed by atoms with van der Waals surface area (Å²) in [5.74, 6) is 2.16. The molecule has 5 aromatic rings. The van der Waals surface area contributed by atoms with Crippen LogP contribution in [0, 0.1) is 0 Å². The summed E-state index contributed by atoms with van der Waals surface area (Å²) >= 11 is 0. The standard InChI is InChI=1S/C23H19N5O/c1-16(17-6-3-2-4-7-17)26-23-24-12-11-22(27-23)28-15-25-19-14-18(9-10-20(19)28)21-8-5-13-29-21/h2-16H,1H3,(H,24,26,27). The molecule has 29 heavy (non-hydrogen) atoms. The molecule has 5 rings (SSSR count). The van der Waals surface area contributed by atoms with E-state index in [1.807, 2.05) is 59.2 Å². The summed E-state index contributed by atoms with van der Waals surface area (Å²) in [6.45, 7) is 2.09. The SMILES string of the molecule is CC(Nc1nccc(-n2cnc3cc(-c4ccco4)ccc32)n1)c1ccccc1. The van der Waals surface area contributed by atoms with E-state index >= 15 is 0 Å². The third-order valence-electron chi connectivity index (χ3n) is 4.89. The Balaban J connectivity index is 1.45. The van der Waals surface area contributed by atoms with Crippen LogP contribution in [0.3, 0.4) is 0 Å². The second kappa shape index (κ2) is 7.24. The second-order valence-corrected chi connectivity index (χ2v) is 6.81. The smallest absolute Gasteiger partial charge is 0.225 e. The fourth-order valence-electron chi connectivity index (χ4n) is 3.36. The van der Waals surface area contributed by atoms with Gasteiger partial charge in [0.2, 0.25) is 5.95 Å². The van der Waals surface area contributed by atoms with Gasteiger partial charge in [-0.15, -0.1) is 0 Å². The van der Waals surface area contributed by atoms with Crippen LogP contribution in [0.25, 0.3) is 28.2 Å². The Hall–Kier alpha value is -3.93. The lowest BCUT2D eigenvalue weighted by molar-refractivity contribution is 0.582. The number of nitrogens with one attached hydrogen (secondary N) is 1. The van der Waals surface area contributed by atoms with E-state index < -0.39 is 0 Å². The van der Waals surface area contributed by atoms with Crippen LogP contribution in [0.15, 0.2) is 89.9 Å². The van der Waals surface area contributed by atoms with Crippen molar-refractivity contribution in [2.45, 2.75) is 13.0 Å². The Labute approximate surface area is 167 Å². The molecule has 0 aliphatic heterocycles. The zero-order valence-electron chi connectivity index (χ0n) is 15.9. The molecule has 0 aliphatic rings. The fraction of sp³-hybridized carbons (Fsp3) is 0.0870. The predicted molar refractivity (Wildman–Crippen MR) is 113 cm³/mol. The maximum atomic E-state index is 5.49. The average Bonchev–Trinajstić information content (AvgIpc) is 3.44. The third kappa shape index (κ3) is 3.36. The molecular formula is C23H19N5O. The number of rotatable bonds is 5. The van der Waals surface area contributed by atoms with Crippen molar-refractivity contribution in [1.82, 2.24) is 19.5 Å². The normalized spacial score (nSPS) is 12.2. The van der Waals surface area contributed by atoms with E-state index in [9.17, 15) is 0 Å². The lowest BCUT2D eigenvalue weighted by atomic mass is 10.1. The quantitative estimate of drug-likeness (QED) is 0.450. The van der Waals surface area contributed by atoms with Gasteiger partial charge < -0.3 is 9.73 Å². The summed E-state index contributed by atoms with van der Waals surface area (Å²) in [6.07, 6.45) is 5.21. The van der Waals surface area contributed by atoms with Crippen LogP contribution >= 0.6 is 0 Å². The molecule has 142 valence electrons. The molecular weight excluding hydrogens is 362 g/mol. The van der Waals surface area contributed by atoms with Gasteiger partial charge in [-0.05, 0) is 48.9 Å². The van der Waals surface area contributed by atoms with E-state index in [4.69, 9.17) is 4.42 Å². The Morgan fingerprint density at radius 1 is 0.966 bits per heavy atom. The maximum absolute atomic E-state index is 5.49. The van der Waals surface area contributed by atoms with Gasteiger partial charge in [-0.25, -0.2) is 9.97 Å². The first-order valence-electron chi connectivity index (χ1n) is 9.44. The number of anilines is 1. The summed E-state index contributed by atoms with van der Waals surface area (Å²) in [7, 11) is 0. The van der Waals surface area contributed by atoms with E-state index in [0.29, 0.717) is 5.95 Å². The Bertz CT molecular complexity index is 1250. The molecule has 3 aromatic heterocycles. The highest BCUT2D eigenvalue weighted by molar-refractivity contribution is 5.82. The van der Waals surface area contributed by atoms with Gasteiger partial charge in [-0.3, -0.25) is 4.57 Å². The lowest BCUT2D eigenvalue weighted by Gasteiger charge is -2.14. The molecule has 6 heteroatoms. The molecule has 0 aliphatic carbocycles. The minimum atomic E-state index is 0.0989. The number of furan rings is 1.